The van der Waals surface area contributed by atoms with Crippen LogP contribution in [0.4, 0.5) is 4.39 Å². The summed E-state index contributed by atoms with van der Waals surface area (Å²) in [7, 11) is 3.44. The highest BCUT2D eigenvalue weighted by atomic mass is 19.1. The molecule has 1 aromatic rings. The average molecular weight is 239 g/mol. The minimum absolute atomic E-state index is 0.225. The number of methoxy groups -OCH3 is 1. The van der Waals surface area contributed by atoms with Crippen LogP contribution in [-0.4, -0.2) is 20.2 Å². The molecular weight excluding hydrogens is 217 g/mol. The third-order valence-electron chi connectivity index (χ3n) is 3.43. The summed E-state index contributed by atoms with van der Waals surface area (Å²) in [4.78, 5) is 0. The summed E-state index contributed by atoms with van der Waals surface area (Å²) in [6.07, 6.45) is 1.76. The highest BCUT2D eigenvalue weighted by Gasteiger charge is 2.17. The summed E-state index contributed by atoms with van der Waals surface area (Å²) in [5, 5.41) is 3.23. The Hall–Kier alpha value is -1.09. The van der Waals surface area contributed by atoms with E-state index >= 15 is 0 Å². The molecule has 2 nitrogen and oxygen atoms in total. The van der Waals surface area contributed by atoms with Crippen LogP contribution in [0.25, 0.3) is 0 Å². The molecular formula is C14H22FNO. The fourth-order valence-electron chi connectivity index (χ4n) is 2.06. The molecule has 96 valence electrons. The molecule has 1 aromatic carbocycles. The molecule has 17 heavy (non-hydrogen) atoms. The van der Waals surface area contributed by atoms with Crippen molar-refractivity contribution >= 4 is 0 Å². The maximum atomic E-state index is 14.0. The van der Waals surface area contributed by atoms with Crippen molar-refractivity contribution in [2.45, 2.75) is 32.7 Å². The van der Waals surface area contributed by atoms with Crippen molar-refractivity contribution in [2.75, 3.05) is 14.2 Å². The molecule has 0 amide bonds. The van der Waals surface area contributed by atoms with Gasteiger partial charge in [-0.2, -0.15) is 0 Å². The van der Waals surface area contributed by atoms with E-state index in [1.54, 1.807) is 6.07 Å². The minimum atomic E-state index is -0.225. The molecule has 1 rings (SSSR count). The van der Waals surface area contributed by atoms with Gasteiger partial charge in [-0.25, -0.2) is 4.39 Å². The molecule has 0 saturated heterocycles. The average Bonchev–Trinajstić information content (AvgIpc) is 2.36. The van der Waals surface area contributed by atoms with Gasteiger partial charge in [0.25, 0.3) is 0 Å². The molecule has 0 aliphatic carbocycles. The summed E-state index contributed by atoms with van der Waals surface area (Å²) >= 11 is 0. The van der Waals surface area contributed by atoms with Gasteiger partial charge in [-0.15, -0.1) is 0 Å². The predicted octanol–water partition coefficient (Wildman–Crippen LogP) is 3.01. The molecule has 0 spiro atoms. The lowest BCUT2D eigenvalue weighted by atomic mass is 9.90. The smallest absolute Gasteiger partial charge is 0.168 e. The van der Waals surface area contributed by atoms with E-state index in [0.717, 1.165) is 18.4 Å². The molecule has 0 aliphatic rings. The number of hydrogen-bond acceptors (Lipinski definition) is 2. The van der Waals surface area contributed by atoms with Gasteiger partial charge in [0.05, 0.1) is 7.11 Å². The second-order valence-electron chi connectivity index (χ2n) is 4.38. The number of benzene rings is 1. The molecule has 0 heterocycles. The van der Waals surface area contributed by atoms with E-state index in [1.807, 2.05) is 19.2 Å². The Labute approximate surface area is 103 Å². The molecule has 0 aliphatic heterocycles. The lowest BCUT2D eigenvalue weighted by molar-refractivity contribution is 0.363. The van der Waals surface area contributed by atoms with Crippen LogP contribution in [-0.2, 0) is 6.42 Å². The van der Waals surface area contributed by atoms with E-state index in [1.165, 1.54) is 7.11 Å². The first-order chi connectivity index (χ1) is 8.13. The van der Waals surface area contributed by atoms with Crippen LogP contribution in [0.15, 0.2) is 18.2 Å². The van der Waals surface area contributed by atoms with Gasteiger partial charge < -0.3 is 10.1 Å². The topological polar surface area (TPSA) is 21.3 Å². The van der Waals surface area contributed by atoms with Crippen LogP contribution >= 0.6 is 0 Å². The Kier molecular flexibility index (Phi) is 5.42. The molecule has 0 aromatic heterocycles. The van der Waals surface area contributed by atoms with Crippen LogP contribution in [0.3, 0.4) is 0 Å². The van der Waals surface area contributed by atoms with Crippen molar-refractivity contribution in [3.63, 3.8) is 0 Å². The van der Waals surface area contributed by atoms with Crippen molar-refractivity contribution < 1.29 is 9.13 Å². The van der Waals surface area contributed by atoms with Gasteiger partial charge in [-0.3, -0.25) is 0 Å². The Balaban J connectivity index is 2.86. The molecule has 2 unspecified atom stereocenters. The van der Waals surface area contributed by atoms with Crippen LogP contribution in [0, 0.1) is 11.7 Å². The number of rotatable bonds is 6. The van der Waals surface area contributed by atoms with Gasteiger partial charge in [0.15, 0.2) is 11.6 Å². The maximum Gasteiger partial charge on any atom is 0.168 e. The Morgan fingerprint density at radius 3 is 2.65 bits per heavy atom. The number of halogens is 1. The largest absolute Gasteiger partial charge is 0.494 e. The number of nitrogens with one attached hydrogen (secondary N) is 1. The van der Waals surface area contributed by atoms with Crippen molar-refractivity contribution in [3.05, 3.63) is 29.6 Å². The predicted molar refractivity (Wildman–Crippen MR) is 69.0 cm³/mol. The zero-order chi connectivity index (χ0) is 12.8. The van der Waals surface area contributed by atoms with E-state index in [-0.39, 0.29) is 5.82 Å². The highest BCUT2D eigenvalue weighted by Crippen LogP contribution is 2.24. The monoisotopic (exact) mass is 239 g/mol. The maximum absolute atomic E-state index is 14.0. The number of hydrogen-bond donors (Lipinski definition) is 1. The first-order valence-electron chi connectivity index (χ1n) is 6.12. The van der Waals surface area contributed by atoms with Crippen LogP contribution < -0.4 is 10.1 Å². The van der Waals surface area contributed by atoms with Crippen molar-refractivity contribution in [2.24, 2.45) is 5.92 Å². The summed E-state index contributed by atoms with van der Waals surface area (Å²) in [6, 6.07) is 5.71. The fraction of sp³-hybridized carbons (Fsp3) is 0.571. The minimum Gasteiger partial charge on any atom is -0.494 e. The molecule has 0 radical (unpaired) electrons. The fourth-order valence-corrected chi connectivity index (χ4v) is 2.06. The quantitative estimate of drug-likeness (QED) is 0.824. The van der Waals surface area contributed by atoms with Gasteiger partial charge in [-0.05, 0) is 37.9 Å². The molecule has 3 heteroatoms. The zero-order valence-electron chi connectivity index (χ0n) is 11.1. The SMILES string of the molecule is CCC(Cc1cccc(OC)c1F)C(C)NC. The highest BCUT2D eigenvalue weighted by molar-refractivity contribution is 5.31. The van der Waals surface area contributed by atoms with Crippen molar-refractivity contribution in [1.29, 1.82) is 0 Å². The van der Waals surface area contributed by atoms with Gasteiger partial charge in [-0.1, -0.05) is 25.5 Å². The summed E-state index contributed by atoms with van der Waals surface area (Å²) in [5.41, 5.74) is 0.735. The first-order valence-corrected chi connectivity index (χ1v) is 6.12. The lowest BCUT2D eigenvalue weighted by Gasteiger charge is -2.22. The van der Waals surface area contributed by atoms with E-state index in [4.69, 9.17) is 4.74 Å². The molecule has 0 saturated carbocycles. The van der Waals surface area contributed by atoms with E-state index in [2.05, 4.69) is 19.2 Å². The van der Waals surface area contributed by atoms with E-state index in [0.29, 0.717) is 17.7 Å². The Morgan fingerprint density at radius 2 is 2.12 bits per heavy atom. The van der Waals surface area contributed by atoms with Crippen LogP contribution in [0.1, 0.15) is 25.8 Å². The van der Waals surface area contributed by atoms with E-state index in [9.17, 15) is 4.39 Å². The Morgan fingerprint density at radius 1 is 1.41 bits per heavy atom. The van der Waals surface area contributed by atoms with Gasteiger partial charge >= 0.3 is 0 Å². The Bertz CT molecular complexity index is 354. The van der Waals surface area contributed by atoms with Crippen molar-refractivity contribution in [1.82, 2.24) is 5.32 Å². The standard InChI is InChI=1S/C14H22FNO/c1-5-11(10(2)16-3)9-12-7-6-8-13(17-4)14(12)15/h6-8,10-11,16H,5,9H2,1-4H3. The third-order valence-corrected chi connectivity index (χ3v) is 3.43. The lowest BCUT2D eigenvalue weighted by Crippen LogP contribution is -2.31. The van der Waals surface area contributed by atoms with Gasteiger partial charge in [0.1, 0.15) is 0 Å². The zero-order valence-corrected chi connectivity index (χ0v) is 11.1. The van der Waals surface area contributed by atoms with Gasteiger partial charge in [0.2, 0.25) is 0 Å². The first kappa shape index (κ1) is 14.0. The van der Waals surface area contributed by atoms with Crippen LogP contribution in [0.5, 0.6) is 5.75 Å². The summed E-state index contributed by atoms with van der Waals surface area (Å²) in [6.45, 7) is 4.27. The third kappa shape index (κ3) is 3.43. The summed E-state index contributed by atoms with van der Waals surface area (Å²) in [5.74, 6) is 0.535. The van der Waals surface area contributed by atoms with Gasteiger partial charge in [0, 0.05) is 6.04 Å². The molecule has 2 atom stereocenters. The van der Waals surface area contributed by atoms with Crippen molar-refractivity contribution in [3.8, 4) is 5.75 Å². The molecule has 0 fully saturated rings. The van der Waals surface area contributed by atoms with Crippen LogP contribution in [0.2, 0.25) is 0 Å². The second-order valence-corrected chi connectivity index (χ2v) is 4.38. The normalized spacial score (nSPS) is 14.4. The second kappa shape index (κ2) is 6.60. The molecule has 0 bridgehead atoms. The summed E-state index contributed by atoms with van der Waals surface area (Å²) < 4.78 is 19.0. The van der Waals surface area contributed by atoms with E-state index < -0.39 is 0 Å². The molecule has 1 N–H and O–H groups in total. The number of ether oxygens (including phenoxy) is 1.